The number of carbonyl (C=O) groups excluding carboxylic acids is 1. The number of rotatable bonds is 4. The molecule has 3 nitrogen and oxygen atoms in total. The molecule has 1 heterocycles. The zero-order valence-electron chi connectivity index (χ0n) is 25.5. The molecule has 5 aliphatic carbocycles. The van der Waals surface area contributed by atoms with Crippen LogP contribution in [0.4, 0.5) is 0 Å². The van der Waals surface area contributed by atoms with Crippen LogP contribution in [0.1, 0.15) is 125 Å². The van der Waals surface area contributed by atoms with E-state index in [0.29, 0.717) is 34.4 Å². The molecule has 1 saturated heterocycles. The molecule has 0 radical (unpaired) electrons. The van der Waals surface area contributed by atoms with Gasteiger partial charge in [0.2, 0.25) is 0 Å². The largest absolute Gasteiger partial charge is 0.353 e. The number of fused-ring (bicyclic) bond motifs is 7. The van der Waals surface area contributed by atoms with Crippen LogP contribution in [0.3, 0.4) is 0 Å². The Morgan fingerprint density at radius 1 is 0.895 bits per heavy atom. The number of ketones is 1. The Kier molecular flexibility index (Phi) is 6.63. The second kappa shape index (κ2) is 9.17. The summed E-state index contributed by atoms with van der Waals surface area (Å²) in [4.78, 5) is 13.1. The van der Waals surface area contributed by atoms with Gasteiger partial charge in [-0.05, 0) is 135 Å². The SMILES string of the molecule is C=C(C)C1CCC2(COC3CCCCO3)CCC3(C)C(CCC4C5(C)CCC(=O)C(C)(C)C5CCC43C)C12. The molecule has 0 aromatic heterocycles. The first kappa shape index (κ1) is 27.5. The van der Waals surface area contributed by atoms with Crippen LogP contribution in [-0.4, -0.2) is 25.3 Å². The van der Waals surface area contributed by atoms with Crippen LogP contribution >= 0.6 is 0 Å². The lowest BCUT2D eigenvalue weighted by molar-refractivity contribution is -0.245. The minimum atomic E-state index is -0.164. The fraction of sp³-hybridized carbons (Fsp3) is 0.914. The van der Waals surface area contributed by atoms with Crippen molar-refractivity contribution in [1.29, 1.82) is 0 Å². The predicted molar refractivity (Wildman–Crippen MR) is 154 cm³/mol. The van der Waals surface area contributed by atoms with Crippen molar-refractivity contribution in [2.45, 2.75) is 131 Å². The number of hydrogen-bond donors (Lipinski definition) is 0. The topological polar surface area (TPSA) is 35.5 Å². The minimum Gasteiger partial charge on any atom is -0.353 e. The highest BCUT2D eigenvalue weighted by atomic mass is 16.7. The maximum absolute atomic E-state index is 13.1. The monoisotopic (exact) mass is 524 g/mol. The molecule has 38 heavy (non-hydrogen) atoms. The zero-order valence-corrected chi connectivity index (χ0v) is 25.5. The molecule has 6 fully saturated rings. The molecule has 0 aromatic carbocycles. The van der Waals surface area contributed by atoms with Crippen molar-refractivity contribution < 1.29 is 14.3 Å². The van der Waals surface area contributed by atoms with Gasteiger partial charge in [0.15, 0.2) is 6.29 Å². The highest BCUT2D eigenvalue weighted by molar-refractivity contribution is 5.85. The molecule has 3 heteroatoms. The Balaban J connectivity index is 1.32. The Bertz CT molecular complexity index is 962. The average molecular weight is 525 g/mol. The van der Waals surface area contributed by atoms with Gasteiger partial charge in [0.05, 0.1) is 6.61 Å². The summed E-state index contributed by atoms with van der Waals surface area (Å²) >= 11 is 0. The van der Waals surface area contributed by atoms with Gasteiger partial charge in [-0.3, -0.25) is 4.79 Å². The smallest absolute Gasteiger partial charge is 0.157 e. The van der Waals surface area contributed by atoms with Crippen LogP contribution in [0.25, 0.3) is 0 Å². The van der Waals surface area contributed by atoms with Crippen LogP contribution < -0.4 is 0 Å². The van der Waals surface area contributed by atoms with E-state index in [2.05, 4.69) is 48.1 Å². The molecular weight excluding hydrogens is 468 g/mol. The van der Waals surface area contributed by atoms with Gasteiger partial charge >= 0.3 is 0 Å². The third-order valence-electron chi connectivity index (χ3n) is 14.7. The van der Waals surface area contributed by atoms with Gasteiger partial charge in [0.25, 0.3) is 0 Å². The first-order chi connectivity index (χ1) is 17.9. The molecule has 6 aliphatic rings. The number of Topliss-reactive ketones (excluding diaryl/α,β-unsaturated/α-hetero) is 1. The fourth-order valence-electron chi connectivity index (χ4n) is 12.4. The maximum Gasteiger partial charge on any atom is 0.157 e. The summed E-state index contributed by atoms with van der Waals surface area (Å²) in [6.07, 6.45) is 15.8. The Labute approximate surface area is 233 Å². The van der Waals surface area contributed by atoms with E-state index in [1.165, 1.54) is 69.8 Å². The number of ether oxygens (including phenoxy) is 2. The Hall–Kier alpha value is -0.670. The summed E-state index contributed by atoms with van der Waals surface area (Å²) in [5.41, 5.74) is 2.52. The molecule has 214 valence electrons. The molecule has 10 unspecified atom stereocenters. The molecule has 0 bridgehead atoms. The van der Waals surface area contributed by atoms with E-state index in [1.54, 1.807) is 0 Å². The molecule has 0 N–H and O–H groups in total. The summed E-state index contributed by atoms with van der Waals surface area (Å²) < 4.78 is 12.7. The van der Waals surface area contributed by atoms with E-state index in [-0.39, 0.29) is 22.5 Å². The molecule has 0 spiro atoms. The Morgan fingerprint density at radius 3 is 2.39 bits per heavy atom. The van der Waals surface area contributed by atoms with Crippen molar-refractivity contribution in [1.82, 2.24) is 0 Å². The average Bonchev–Trinajstić information content (AvgIpc) is 3.27. The molecule has 6 rings (SSSR count). The van der Waals surface area contributed by atoms with Gasteiger partial charge in [-0.15, -0.1) is 0 Å². The van der Waals surface area contributed by atoms with Crippen LogP contribution in [0, 0.1) is 56.7 Å². The lowest BCUT2D eigenvalue weighted by Gasteiger charge is -2.72. The van der Waals surface area contributed by atoms with E-state index in [4.69, 9.17) is 9.47 Å². The van der Waals surface area contributed by atoms with Crippen LogP contribution in [0.5, 0.6) is 0 Å². The summed E-state index contributed by atoms with van der Waals surface area (Å²) in [6, 6.07) is 0. The normalized spacial score (nSPS) is 51.9. The van der Waals surface area contributed by atoms with Crippen LogP contribution in [-0.2, 0) is 14.3 Å². The number of hydrogen-bond acceptors (Lipinski definition) is 3. The van der Waals surface area contributed by atoms with Gasteiger partial charge in [-0.2, -0.15) is 0 Å². The van der Waals surface area contributed by atoms with E-state index in [1.807, 2.05) is 0 Å². The molecule has 1 aliphatic heterocycles. The molecular formula is C35H56O3. The molecule has 5 saturated carbocycles. The van der Waals surface area contributed by atoms with E-state index >= 15 is 0 Å². The van der Waals surface area contributed by atoms with Gasteiger partial charge in [-0.1, -0.05) is 46.8 Å². The third kappa shape index (κ3) is 3.68. The first-order valence-electron chi connectivity index (χ1n) is 16.3. The second-order valence-electron chi connectivity index (χ2n) is 16.3. The maximum atomic E-state index is 13.1. The quantitative estimate of drug-likeness (QED) is 0.345. The van der Waals surface area contributed by atoms with Crippen molar-refractivity contribution in [3.63, 3.8) is 0 Å². The van der Waals surface area contributed by atoms with E-state index < -0.39 is 0 Å². The standard InChI is InChI=1S/C35H56O3/c1-23(2)24-13-18-35(22-38-29-10-8-9-21-37-29)20-19-33(6)25(30(24)35)11-12-27-32(5)16-15-28(36)31(3,4)26(32)14-17-34(27,33)7/h24-27,29-30H,1,8-22H2,2-7H3. The summed E-state index contributed by atoms with van der Waals surface area (Å²) in [7, 11) is 0. The summed E-state index contributed by atoms with van der Waals surface area (Å²) in [5, 5.41) is 0. The molecule has 0 amide bonds. The van der Waals surface area contributed by atoms with Crippen LogP contribution in [0.2, 0.25) is 0 Å². The fourth-order valence-corrected chi connectivity index (χ4v) is 12.4. The molecule has 10 atom stereocenters. The lowest BCUT2D eigenvalue weighted by Crippen LogP contribution is -2.66. The van der Waals surface area contributed by atoms with Gasteiger partial charge in [-0.25, -0.2) is 0 Å². The van der Waals surface area contributed by atoms with E-state index in [0.717, 1.165) is 44.3 Å². The second-order valence-corrected chi connectivity index (χ2v) is 16.3. The zero-order chi connectivity index (χ0) is 27.1. The highest BCUT2D eigenvalue weighted by Crippen LogP contribution is 2.77. The highest BCUT2D eigenvalue weighted by Gasteiger charge is 2.70. The van der Waals surface area contributed by atoms with Crippen molar-refractivity contribution in [2.75, 3.05) is 13.2 Å². The van der Waals surface area contributed by atoms with Crippen molar-refractivity contribution in [3.05, 3.63) is 12.2 Å². The van der Waals surface area contributed by atoms with Crippen molar-refractivity contribution >= 4 is 5.78 Å². The Morgan fingerprint density at radius 2 is 1.68 bits per heavy atom. The summed E-state index contributed by atoms with van der Waals surface area (Å²) in [5.74, 6) is 3.85. The predicted octanol–water partition coefficient (Wildman–Crippen LogP) is 8.76. The van der Waals surface area contributed by atoms with Gasteiger partial charge in [0.1, 0.15) is 5.78 Å². The summed E-state index contributed by atoms with van der Waals surface area (Å²) in [6.45, 7) is 21.2. The number of carbonyl (C=O) groups is 1. The van der Waals surface area contributed by atoms with Crippen molar-refractivity contribution in [2.24, 2.45) is 56.7 Å². The van der Waals surface area contributed by atoms with Gasteiger partial charge in [0, 0.05) is 18.4 Å². The number of allylic oxidation sites excluding steroid dienone is 1. The third-order valence-corrected chi connectivity index (χ3v) is 14.7. The molecule has 0 aromatic rings. The van der Waals surface area contributed by atoms with Gasteiger partial charge < -0.3 is 9.47 Å². The minimum absolute atomic E-state index is 0.0109. The lowest BCUT2D eigenvalue weighted by atomic mass is 9.32. The van der Waals surface area contributed by atoms with Crippen LogP contribution in [0.15, 0.2) is 12.2 Å². The van der Waals surface area contributed by atoms with E-state index in [9.17, 15) is 4.79 Å². The van der Waals surface area contributed by atoms with Crippen molar-refractivity contribution in [3.8, 4) is 0 Å². The first-order valence-corrected chi connectivity index (χ1v) is 16.3.